The smallest absolute Gasteiger partial charge is 0.283 e. The van der Waals surface area contributed by atoms with Crippen molar-refractivity contribution < 1.29 is 9.18 Å². The normalized spacial score (nSPS) is 10.2. The van der Waals surface area contributed by atoms with Crippen LogP contribution in [0.15, 0.2) is 39.9 Å². The maximum absolute atomic E-state index is 13.0. The number of nitrogens with one attached hydrogen (secondary N) is 2. The molecular formula is C13H13FN4O3. The van der Waals surface area contributed by atoms with E-state index in [2.05, 4.69) is 10.9 Å². The number of benzene rings is 1. The van der Waals surface area contributed by atoms with Crippen LogP contribution in [0.5, 0.6) is 0 Å². The molecule has 0 aliphatic rings. The molecule has 1 aromatic heterocycles. The van der Waals surface area contributed by atoms with Crippen LogP contribution in [0.4, 0.5) is 10.2 Å². The topological polar surface area (TPSA) is 85.1 Å². The molecule has 1 heterocycles. The summed E-state index contributed by atoms with van der Waals surface area (Å²) in [5, 5.41) is 0. The molecule has 0 aliphatic heterocycles. The fraction of sp³-hybridized carbons (Fsp3) is 0.154. The van der Waals surface area contributed by atoms with E-state index in [1.165, 1.54) is 32.3 Å². The number of hydrazine groups is 1. The quantitative estimate of drug-likeness (QED) is 0.779. The number of hydrogen-bond acceptors (Lipinski definition) is 4. The highest BCUT2D eigenvalue weighted by Gasteiger charge is 2.09. The van der Waals surface area contributed by atoms with Gasteiger partial charge in [0.15, 0.2) is 0 Å². The number of nitrogens with zero attached hydrogens (tertiary/aromatic N) is 2. The first-order valence-corrected chi connectivity index (χ1v) is 5.99. The van der Waals surface area contributed by atoms with Gasteiger partial charge >= 0.3 is 5.69 Å². The molecule has 1 amide bonds. The first kappa shape index (κ1) is 14.5. The Labute approximate surface area is 118 Å². The Morgan fingerprint density at radius 2 is 1.86 bits per heavy atom. The zero-order valence-electron chi connectivity index (χ0n) is 11.4. The van der Waals surface area contributed by atoms with Gasteiger partial charge in [0, 0.05) is 25.7 Å². The zero-order chi connectivity index (χ0) is 15.6. The lowest BCUT2D eigenvalue weighted by molar-refractivity contribution is 0.0962. The lowest BCUT2D eigenvalue weighted by atomic mass is 10.2. The van der Waals surface area contributed by atoms with Crippen molar-refractivity contribution in [3.63, 3.8) is 0 Å². The number of rotatable bonds is 3. The summed E-state index contributed by atoms with van der Waals surface area (Å²) in [7, 11) is 2.79. The molecule has 0 aliphatic carbocycles. The molecule has 7 nitrogen and oxygen atoms in total. The second-order valence-corrected chi connectivity index (χ2v) is 4.36. The molecule has 2 N–H and O–H groups in total. The van der Waals surface area contributed by atoms with Crippen molar-refractivity contribution in [1.29, 1.82) is 0 Å². The van der Waals surface area contributed by atoms with Crippen LogP contribution in [0.25, 0.3) is 0 Å². The number of anilines is 1. The number of hydrogen-bond donors (Lipinski definition) is 2. The number of aromatic nitrogens is 2. The number of carbonyl (C=O) groups excluding carboxylic acids is 1. The van der Waals surface area contributed by atoms with E-state index in [0.29, 0.717) is 0 Å². The maximum atomic E-state index is 13.0. The standard InChI is InChI=1S/C13H13FN4O3/c1-17-10(7-11(19)18(2)13(17)21)15-16-12(20)8-4-3-5-9(14)6-8/h3-7,15H,1-2H3,(H,16,20). The molecule has 0 spiro atoms. The first-order valence-electron chi connectivity index (χ1n) is 5.99. The van der Waals surface area contributed by atoms with Crippen LogP contribution in [0.1, 0.15) is 10.4 Å². The van der Waals surface area contributed by atoms with Gasteiger partial charge in [-0.3, -0.25) is 29.6 Å². The molecule has 0 unspecified atom stereocenters. The van der Waals surface area contributed by atoms with E-state index < -0.39 is 23.0 Å². The second-order valence-electron chi connectivity index (χ2n) is 4.36. The van der Waals surface area contributed by atoms with Gasteiger partial charge in [-0.2, -0.15) is 0 Å². The third-order valence-electron chi connectivity index (χ3n) is 2.92. The van der Waals surface area contributed by atoms with Crippen molar-refractivity contribution in [2.45, 2.75) is 0 Å². The monoisotopic (exact) mass is 292 g/mol. The molecule has 21 heavy (non-hydrogen) atoms. The number of carbonyl (C=O) groups is 1. The Hall–Kier alpha value is -2.90. The van der Waals surface area contributed by atoms with Gasteiger partial charge in [0.2, 0.25) is 0 Å². The lowest BCUT2D eigenvalue weighted by Gasteiger charge is -2.12. The minimum Gasteiger partial charge on any atom is -0.283 e. The Morgan fingerprint density at radius 3 is 2.52 bits per heavy atom. The van der Waals surface area contributed by atoms with E-state index in [4.69, 9.17) is 0 Å². The molecule has 0 bridgehead atoms. The summed E-state index contributed by atoms with van der Waals surface area (Å²) in [4.78, 5) is 35.0. The molecule has 0 atom stereocenters. The predicted octanol–water partition coefficient (Wildman–Crippen LogP) is -0.0200. The van der Waals surface area contributed by atoms with Crippen LogP contribution in [0.3, 0.4) is 0 Å². The minimum atomic E-state index is -0.595. The highest BCUT2D eigenvalue weighted by molar-refractivity contribution is 5.94. The van der Waals surface area contributed by atoms with Gasteiger partial charge in [-0.05, 0) is 18.2 Å². The van der Waals surface area contributed by atoms with Gasteiger partial charge < -0.3 is 0 Å². The minimum absolute atomic E-state index is 0.108. The maximum Gasteiger partial charge on any atom is 0.332 e. The predicted molar refractivity (Wildman–Crippen MR) is 74.4 cm³/mol. The van der Waals surface area contributed by atoms with Gasteiger partial charge in [-0.25, -0.2) is 9.18 Å². The largest absolute Gasteiger partial charge is 0.332 e. The highest BCUT2D eigenvalue weighted by Crippen LogP contribution is 2.03. The van der Waals surface area contributed by atoms with Crippen molar-refractivity contribution in [1.82, 2.24) is 14.6 Å². The molecule has 0 radical (unpaired) electrons. The summed E-state index contributed by atoms with van der Waals surface area (Å²) in [6.45, 7) is 0. The van der Waals surface area contributed by atoms with Gasteiger partial charge in [-0.1, -0.05) is 6.07 Å². The van der Waals surface area contributed by atoms with Crippen molar-refractivity contribution in [3.8, 4) is 0 Å². The average Bonchev–Trinajstić information content (AvgIpc) is 2.47. The molecule has 1 aromatic carbocycles. The molecule has 0 fully saturated rings. The van der Waals surface area contributed by atoms with E-state index in [9.17, 15) is 18.8 Å². The fourth-order valence-corrected chi connectivity index (χ4v) is 1.68. The third-order valence-corrected chi connectivity index (χ3v) is 2.92. The molecule has 110 valence electrons. The Bertz CT molecular complexity index is 810. The van der Waals surface area contributed by atoms with Gasteiger partial charge in [0.25, 0.3) is 11.5 Å². The molecule has 8 heteroatoms. The molecule has 2 aromatic rings. The average molecular weight is 292 g/mol. The summed E-state index contributed by atoms with van der Waals surface area (Å²) in [5.41, 5.74) is 3.82. The van der Waals surface area contributed by atoms with E-state index in [1.54, 1.807) is 0 Å². The number of halogens is 1. The Kier molecular flexibility index (Phi) is 3.88. The van der Waals surface area contributed by atoms with Crippen molar-refractivity contribution in [2.24, 2.45) is 14.1 Å². The van der Waals surface area contributed by atoms with E-state index in [1.807, 2.05) is 0 Å². The van der Waals surface area contributed by atoms with Gasteiger partial charge in [0.05, 0.1) is 0 Å². The summed E-state index contributed by atoms with van der Waals surface area (Å²) in [6.07, 6.45) is 0. The first-order chi connectivity index (χ1) is 9.90. The van der Waals surface area contributed by atoms with Crippen molar-refractivity contribution in [3.05, 3.63) is 62.6 Å². The van der Waals surface area contributed by atoms with Crippen LogP contribution in [-0.2, 0) is 14.1 Å². The molecular weight excluding hydrogens is 279 g/mol. The zero-order valence-corrected chi connectivity index (χ0v) is 11.4. The Morgan fingerprint density at radius 1 is 1.14 bits per heavy atom. The van der Waals surface area contributed by atoms with Crippen molar-refractivity contribution in [2.75, 3.05) is 5.43 Å². The SMILES string of the molecule is Cn1c(NNC(=O)c2cccc(F)c2)cc(=O)n(C)c1=O. The van der Waals surface area contributed by atoms with E-state index in [0.717, 1.165) is 21.3 Å². The highest BCUT2D eigenvalue weighted by atomic mass is 19.1. The third kappa shape index (κ3) is 2.99. The second kappa shape index (κ2) is 5.61. The molecule has 2 rings (SSSR count). The van der Waals surface area contributed by atoms with Crippen LogP contribution in [0, 0.1) is 5.82 Å². The van der Waals surface area contributed by atoms with Gasteiger partial charge in [-0.15, -0.1) is 0 Å². The fourth-order valence-electron chi connectivity index (χ4n) is 1.68. The van der Waals surface area contributed by atoms with E-state index >= 15 is 0 Å². The van der Waals surface area contributed by atoms with Crippen LogP contribution < -0.4 is 22.1 Å². The van der Waals surface area contributed by atoms with Crippen LogP contribution in [0.2, 0.25) is 0 Å². The molecule has 0 saturated heterocycles. The molecule has 0 saturated carbocycles. The summed E-state index contributed by atoms with van der Waals surface area (Å²) < 4.78 is 15.1. The van der Waals surface area contributed by atoms with E-state index in [-0.39, 0.29) is 11.4 Å². The summed E-state index contributed by atoms with van der Waals surface area (Å²) in [5.74, 6) is -1.01. The Balaban J connectivity index is 2.19. The van der Waals surface area contributed by atoms with Crippen LogP contribution >= 0.6 is 0 Å². The summed E-state index contributed by atoms with van der Waals surface area (Å²) >= 11 is 0. The van der Waals surface area contributed by atoms with Crippen molar-refractivity contribution >= 4 is 11.7 Å². The van der Waals surface area contributed by atoms with Crippen LogP contribution in [-0.4, -0.2) is 15.0 Å². The van der Waals surface area contributed by atoms with Gasteiger partial charge in [0.1, 0.15) is 11.6 Å². The lowest BCUT2D eigenvalue weighted by Crippen LogP contribution is -2.40. The number of amides is 1. The summed E-state index contributed by atoms with van der Waals surface area (Å²) in [6, 6.07) is 6.28.